The van der Waals surface area contributed by atoms with Gasteiger partial charge in [-0.1, -0.05) is 29.5 Å². The topological polar surface area (TPSA) is 35.0 Å². The fourth-order valence-electron chi connectivity index (χ4n) is 0.953. The number of hydrogen-bond donors (Lipinski definition) is 0. The lowest BCUT2D eigenvalue weighted by atomic mass is 10.3. The van der Waals surface area contributed by atoms with Gasteiger partial charge in [-0.3, -0.25) is 0 Å². The van der Waals surface area contributed by atoms with Crippen LogP contribution in [0.15, 0.2) is 30.3 Å². The number of aromatic nitrogens is 2. The maximum atomic E-state index is 5.63. The van der Waals surface area contributed by atoms with E-state index in [1.807, 2.05) is 30.3 Å². The van der Waals surface area contributed by atoms with Crippen LogP contribution in [0.1, 0.15) is 5.01 Å². The van der Waals surface area contributed by atoms with Crippen LogP contribution in [0.4, 0.5) is 0 Å². The fraction of sp³-hybridized carbons (Fsp3) is 0.111. The molecule has 0 unspecified atom stereocenters. The number of ether oxygens (including phenoxy) is 1. The zero-order valence-electron chi connectivity index (χ0n) is 7.18. The van der Waals surface area contributed by atoms with Gasteiger partial charge in [0.1, 0.15) is 12.4 Å². The Bertz CT molecular complexity index is 404. The molecule has 1 heterocycles. The monoisotopic (exact) mass is 226 g/mol. The van der Waals surface area contributed by atoms with E-state index in [0.29, 0.717) is 11.1 Å². The summed E-state index contributed by atoms with van der Waals surface area (Å²) < 4.78 is 5.90. The molecular weight excluding hydrogens is 220 g/mol. The van der Waals surface area contributed by atoms with Crippen molar-refractivity contribution in [1.82, 2.24) is 10.2 Å². The minimum atomic E-state index is 0.411. The summed E-state index contributed by atoms with van der Waals surface area (Å²) in [4.78, 5) is 0. The number of hydrogen-bond acceptors (Lipinski definition) is 4. The molecule has 0 aliphatic rings. The molecule has 0 aliphatic heterocycles. The number of halogens is 1. The summed E-state index contributed by atoms with van der Waals surface area (Å²) in [5, 5.41) is 8.30. The Morgan fingerprint density at radius 1 is 1.21 bits per heavy atom. The van der Waals surface area contributed by atoms with Crippen molar-refractivity contribution in [3.8, 4) is 5.75 Å². The zero-order valence-corrected chi connectivity index (χ0v) is 8.76. The highest BCUT2D eigenvalue weighted by Crippen LogP contribution is 2.17. The predicted octanol–water partition coefficient (Wildman–Crippen LogP) is 2.77. The number of rotatable bonds is 3. The smallest absolute Gasteiger partial charge is 0.207 e. The van der Waals surface area contributed by atoms with E-state index in [1.165, 1.54) is 11.3 Å². The first-order valence-corrected chi connectivity index (χ1v) is 5.20. The largest absolute Gasteiger partial charge is 0.486 e. The van der Waals surface area contributed by atoms with Gasteiger partial charge >= 0.3 is 0 Å². The molecule has 0 aliphatic carbocycles. The Morgan fingerprint density at radius 3 is 2.64 bits per heavy atom. The van der Waals surface area contributed by atoms with E-state index in [-0.39, 0.29) is 0 Å². The van der Waals surface area contributed by atoms with Crippen molar-refractivity contribution < 1.29 is 4.74 Å². The summed E-state index contributed by atoms with van der Waals surface area (Å²) in [6.45, 7) is 0.411. The zero-order chi connectivity index (χ0) is 9.80. The maximum Gasteiger partial charge on any atom is 0.207 e. The van der Waals surface area contributed by atoms with Crippen molar-refractivity contribution in [2.75, 3.05) is 0 Å². The lowest BCUT2D eigenvalue weighted by Gasteiger charge is -2.01. The normalized spacial score (nSPS) is 10.1. The second kappa shape index (κ2) is 4.39. The van der Waals surface area contributed by atoms with Gasteiger partial charge in [0, 0.05) is 0 Å². The van der Waals surface area contributed by atoms with Crippen molar-refractivity contribution in [1.29, 1.82) is 0 Å². The van der Waals surface area contributed by atoms with E-state index in [2.05, 4.69) is 10.2 Å². The first kappa shape index (κ1) is 9.43. The van der Waals surface area contributed by atoms with Gasteiger partial charge in [-0.15, -0.1) is 10.2 Å². The molecule has 0 radical (unpaired) electrons. The van der Waals surface area contributed by atoms with Crippen molar-refractivity contribution in [2.45, 2.75) is 6.61 Å². The summed E-state index contributed by atoms with van der Waals surface area (Å²) in [7, 11) is 0. The number of para-hydroxylation sites is 1. The van der Waals surface area contributed by atoms with E-state index in [9.17, 15) is 0 Å². The van der Waals surface area contributed by atoms with Crippen LogP contribution in [0.25, 0.3) is 0 Å². The summed E-state index contributed by atoms with van der Waals surface area (Å²) >= 11 is 6.96. The van der Waals surface area contributed by atoms with Crippen LogP contribution >= 0.6 is 22.9 Å². The van der Waals surface area contributed by atoms with Gasteiger partial charge in [-0.25, -0.2) is 0 Å². The predicted molar refractivity (Wildman–Crippen MR) is 55.7 cm³/mol. The van der Waals surface area contributed by atoms with Gasteiger partial charge in [-0.05, 0) is 23.7 Å². The molecular formula is C9H7ClN2OS. The third kappa shape index (κ3) is 2.43. The van der Waals surface area contributed by atoms with E-state index in [1.54, 1.807) is 0 Å². The molecule has 2 aromatic rings. The summed E-state index contributed by atoms with van der Waals surface area (Å²) in [5.74, 6) is 0.818. The lowest BCUT2D eigenvalue weighted by Crippen LogP contribution is -1.94. The first-order valence-electron chi connectivity index (χ1n) is 4.00. The maximum absolute atomic E-state index is 5.63. The van der Waals surface area contributed by atoms with Gasteiger partial charge in [0.15, 0.2) is 5.01 Å². The quantitative estimate of drug-likeness (QED) is 0.807. The molecule has 1 aromatic heterocycles. The van der Waals surface area contributed by atoms with E-state index in [0.717, 1.165) is 10.8 Å². The van der Waals surface area contributed by atoms with Crippen LogP contribution < -0.4 is 4.74 Å². The molecule has 0 amide bonds. The molecule has 0 spiro atoms. The van der Waals surface area contributed by atoms with Gasteiger partial charge in [0.05, 0.1) is 0 Å². The molecule has 0 saturated heterocycles. The standard InChI is InChI=1S/C9H7ClN2OS/c10-9-12-11-8(14-9)6-13-7-4-2-1-3-5-7/h1-5H,6H2. The Balaban J connectivity index is 1.95. The van der Waals surface area contributed by atoms with Crippen LogP contribution in [0.5, 0.6) is 5.75 Å². The molecule has 0 bridgehead atoms. The minimum absolute atomic E-state index is 0.411. The molecule has 3 nitrogen and oxygen atoms in total. The van der Waals surface area contributed by atoms with Gasteiger partial charge in [0.2, 0.25) is 4.47 Å². The van der Waals surface area contributed by atoms with Crippen molar-refractivity contribution in [3.05, 3.63) is 39.8 Å². The van der Waals surface area contributed by atoms with Crippen molar-refractivity contribution >= 4 is 22.9 Å². The van der Waals surface area contributed by atoms with E-state index in [4.69, 9.17) is 16.3 Å². The summed E-state index contributed by atoms with van der Waals surface area (Å²) in [5.41, 5.74) is 0. The SMILES string of the molecule is Clc1nnc(COc2ccccc2)s1. The lowest BCUT2D eigenvalue weighted by molar-refractivity contribution is 0.304. The Kier molecular flexibility index (Phi) is 2.96. The Hall–Kier alpha value is -1.13. The van der Waals surface area contributed by atoms with Crippen molar-refractivity contribution in [3.63, 3.8) is 0 Å². The highest BCUT2D eigenvalue weighted by atomic mass is 35.5. The van der Waals surface area contributed by atoms with Gasteiger partial charge in [-0.2, -0.15) is 0 Å². The Morgan fingerprint density at radius 2 is 2.00 bits per heavy atom. The summed E-state index contributed by atoms with van der Waals surface area (Å²) in [6, 6.07) is 9.56. The minimum Gasteiger partial charge on any atom is -0.486 e. The van der Waals surface area contributed by atoms with Crippen LogP contribution in [0.3, 0.4) is 0 Å². The molecule has 1 aromatic carbocycles. The fourth-order valence-corrected chi connectivity index (χ4v) is 1.73. The van der Waals surface area contributed by atoms with E-state index >= 15 is 0 Å². The third-order valence-electron chi connectivity index (χ3n) is 1.55. The molecule has 5 heteroatoms. The van der Waals surface area contributed by atoms with Crippen LogP contribution in [-0.4, -0.2) is 10.2 Å². The molecule has 0 atom stereocenters. The number of nitrogens with zero attached hydrogens (tertiary/aromatic N) is 2. The molecule has 72 valence electrons. The highest BCUT2D eigenvalue weighted by molar-refractivity contribution is 7.15. The average Bonchev–Trinajstić information content (AvgIpc) is 2.63. The first-order chi connectivity index (χ1) is 6.84. The Labute approximate surface area is 90.3 Å². The molecule has 0 fully saturated rings. The van der Waals surface area contributed by atoms with Crippen LogP contribution in [-0.2, 0) is 6.61 Å². The number of benzene rings is 1. The van der Waals surface area contributed by atoms with Crippen molar-refractivity contribution in [2.24, 2.45) is 0 Å². The third-order valence-corrected chi connectivity index (χ3v) is 2.54. The second-order valence-electron chi connectivity index (χ2n) is 2.55. The van der Waals surface area contributed by atoms with Gasteiger partial charge < -0.3 is 4.74 Å². The molecule has 2 rings (SSSR count). The highest BCUT2D eigenvalue weighted by Gasteiger charge is 2.01. The molecule has 14 heavy (non-hydrogen) atoms. The molecule has 0 N–H and O–H groups in total. The molecule has 0 saturated carbocycles. The van der Waals surface area contributed by atoms with Crippen LogP contribution in [0, 0.1) is 0 Å². The summed E-state index contributed by atoms with van der Waals surface area (Å²) in [6.07, 6.45) is 0. The van der Waals surface area contributed by atoms with Gasteiger partial charge in [0.25, 0.3) is 0 Å². The van der Waals surface area contributed by atoms with E-state index < -0.39 is 0 Å². The average molecular weight is 227 g/mol. The van der Waals surface area contributed by atoms with Crippen LogP contribution in [0.2, 0.25) is 4.47 Å². The second-order valence-corrected chi connectivity index (χ2v) is 4.19.